The van der Waals surface area contributed by atoms with Crippen LogP contribution in [0.15, 0.2) is 18.2 Å². The molecule has 1 aromatic rings. The molecule has 2 rings (SSSR count). The monoisotopic (exact) mass is 314 g/mol. The van der Waals surface area contributed by atoms with Crippen molar-refractivity contribution in [1.29, 1.82) is 0 Å². The number of halogens is 2. The van der Waals surface area contributed by atoms with Gasteiger partial charge in [-0.1, -0.05) is 6.07 Å². The number of carbonyl (C=O) groups excluding carboxylic acids is 1. The molecule has 1 aliphatic heterocycles. The first-order chi connectivity index (χ1) is 10.6. The van der Waals surface area contributed by atoms with E-state index in [9.17, 15) is 13.6 Å². The third-order valence-electron chi connectivity index (χ3n) is 3.50. The highest BCUT2D eigenvalue weighted by atomic mass is 19.3. The minimum atomic E-state index is -2.90. The number of hydrogen-bond donors (Lipinski definition) is 1. The Morgan fingerprint density at radius 2 is 2.05 bits per heavy atom. The number of methoxy groups -OCH3 is 1. The number of likely N-dealkylation sites (tertiary alicyclic amines) is 1. The molecule has 22 heavy (non-hydrogen) atoms. The molecule has 0 aromatic heterocycles. The number of alkyl halides is 2. The topological polar surface area (TPSA) is 50.8 Å². The maximum absolute atomic E-state index is 12.2. The summed E-state index contributed by atoms with van der Waals surface area (Å²) in [6.45, 7) is -0.274. The van der Waals surface area contributed by atoms with Crippen molar-refractivity contribution in [3.63, 3.8) is 0 Å². The summed E-state index contributed by atoms with van der Waals surface area (Å²) in [7, 11) is 1.38. The molecule has 5 nitrogen and oxygen atoms in total. The van der Waals surface area contributed by atoms with Gasteiger partial charge in [0, 0.05) is 6.54 Å². The van der Waals surface area contributed by atoms with E-state index in [0.717, 1.165) is 31.5 Å². The van der Waals surface area contributed by atoms with Gasteiger partial charge >= 0.3 is 6.61 Å². The maximum Gasteiger partial charge on any atom is 0.387 e. The molecule has 1 aliphatic rings. The number of rotatable bonds is 7. The summed E-state index contributed by atoms with van der Waals surface area (Å²) in [6.07, 6.45) is 2.27. The fourth-order valence-corrected chi connectivity index (χ4v) is 2.42. The van der Waals surface area contributed by atoms with Crippen molar-refractivity contribution in [2.75, 3.05) is 26.7 Å². The average Bonchev–Trinajstić information content (AvgIpc) is 2.98. The lowest BCUT2D eigenvalue weighted by Crippen LogP contribution is -2.35. The number of nitrogens with zero attached hydrogens (tertiary/aromatic N) is 1. The lowest BCUT2D eigenvalue weighted by Gasteiger charge is -2.15. The highest BCUT2D eigenvalue weighted by molar-refractivity contribution is 5.78. The normalized spacial score (nSPS) is 15.1. The fraction of sp³-hybridized carbons (Fsp3) is 0.533. The van der Waals surface area contributed by atoms with Gasteiger partial charge < -0.3 is 14.8 Å². The van der Waals surface area contributed by atoms with E-state index in [2.05, 4.69) is 15.0 Å². The van der Waals surface area contributed by atoms with Crippen LogP contribution in [0.3, 0.4) is 0 Å². The van der Waals surface area contributed by atoms with Crippen molar-refractivity contribution in [2.24, 2.45) is 0 Å². The Morgan fingerprint density at radius 3 is 2.68 bits per heavy atom. The van der Waals surface area contributed by atoms with Gasteiger partial charge in [0.1, 0.15) is 0 Å². The standard InChI is InChI=1S/C15H20F2N2O3/c1-21-13-8-11(4-5-12(13)22-15(16)17)9-18-14(20)10-19-6-2-3-7-19/h4-5,8,15H,2-3,6-7,9-10H2,1H3,(H,18,20). The summed E-state index contributed by atoms with van der Waals surface area (Å²) in [5.74, 6) is 0.144. The molecule has 7 heteroatoms. The second-order valence-corrected chi connectivity index (χ2v) is 5.12. The Bertz CT molecular complexity index is 506. The SMILES string of the molecule is COc1cc(CNC(=O)CN2CCCC2)ccc1OC(F)F. The molecule has 1 N–H and O–H groups in total. The quantitative estimate of drug-likeness (QED) is 0.836. The first kappa shape index (κ1) is 16.5. The minimum absolute atomic E-state index is 0.0235. The minimum Gasteiger partial charge on any atom is -0.493 e. The summed E-state index contributed by atoms with van der Waals surface area (Å²) in [5.41, 5.74) is 0.758. The van der Waals surface area contributed by atoms with Crippen LogP contribution in [0.25, 0.3) is 0 Å². The Labute approximate surface area is 128 Å². The van der Waals surface area contributed by atoms with Gasteiger partial charge in [0.2, 0.25) is 5.91 Å². The molecule has 0 aliphatic carbocycles. The third kappa shape index (κ3) is 4.84. The highest BCUT2D eigenvalue weighted by Crippen LogP contribution is 2.29. The largest absolute Gasteiger partial charge is 0.493 e. The zero-order chi connectivity index (χ0) is 15.9. The number of hydrogen-bond acceptors (Lipinski definition) is 4. The number of benzene rings is 1. The molecule has 0 radical (unpaired) electrons. The fourth-order valence-electron chi connectivity index (χ4n) is 2.42. The van der Waals surface area contributed by atoms with Crippen LogP contribution >= 0.6 is 0 Å². The molecule has 122 valence electrons. The van der Waals surface area contributed by atoms with E-state index in [4.69, 9.17) is 4.74 Å². The summed E-state index contributed by atoms with van der Waals surface area (Å²) < 4.78 is 33.9. The predicted octanol–water partition coefficient (Wildman–Crippen LogP) is 2.01. The molecule has 0 saturated carbocycles. The van der Waals surface area contributed by atoms with Crippen LogP contribution in [0.1, 0.15) is 18.4 Å². The van der Waals surface area contributed by atoms with Gasteiger partial charge in [0.05, 0.1) is 13.7 Å². The smallest absolute Gasteiger partial charge is 0.387 e. The first-order valence-electron chi connectivity index (χ1n) is 7.19. The van der Waals surface area contributed by atoms with Crippen molar-refractivity contribution >= 4 is 5.91 Å². The van der Waals surface area contributed by atoms with Crippen LogP contribution in [0.4, 0.5) is 8.78 Å². The summed E-state index contributed by atoms with van der Waals surface area (Å²) in [5, 5.41) is 2.81. The maximum atomic E-state index is 12.2. The van der Waals surface area contributed by atoms with E-state index in [0.29, 0.717) is 13.1 Å². The molecule has 1 fully saturated rings. The summed E-state index contributed by atoms with van der Waals surface area (Å²) in [6, 6.07) is 4.61. The Balaban J connectivity index is 1.87. The van der Waals surface area contributed by atoms with Crippen molar-refractivity contribution in [3.05, 3.63) is 23.8 Å². The second kappa shape index (κ2) is 7.93. The van der Waals surface area contributed by atoms with Crippen LogP contribution in [0, 0.1) is 0 Å². The van der Waals surface area contributed by atoms with E-state index in [1.54, 1.807) is 12.1 Å². The second-order valence-electron chi connectivity index (χ2n) is 5.12. The summed E-state index contributed by atoms with van der Waals surface area (Å²) >= 11 is 0. The average molecular weight is 314 g/mol. The van der Waals surface area contributed by atoms with E-state index in [1.807, 2.05) is 0 Å². The number of amides is 1. The van der Waals surface area contributed by atoms with Crippen LogP contribution in [0.2, 0.25) is 0 Å². The number of carbonyl (C=O) groups is 1. The zero-order valence-corrected chi connectivity index (χ0v) is 12.5. The molecule has 0 spiro atoms. The van der Waals surface area contributed by atoms with E-state index >= 15 is 0 Å². The van der Waals surface area contributed by atoms with E-state index in [1.165, 1.54) is 13.2 Å². The molecule has 0 atom stereocenters. The van der Waals surface area contributed by atoms with Gasteiger partial charge in [-0.15, -0.1) is 0 Å². The van der Waals surface area contributed by atoms with Gasteiger partial charge in [0.25, 0.3) is 0 Å². The van der Waals surface area contributed by atoms with Gasteiger partial charge in [-0.25, -0.2) is 0 Å². The molecule has 0 bridgehead atoms. The van der Waals surface area contributed by atoms with Crippen LogP contribution in [0.5, 0.6) is 11.5 Å². The lowest BCUT2D eigenvalue weighted by molar-refractivity contribution is -0.122. The van der Waals surface area contributed by atoms with Gasteiger partial charge in [-0.3, -0.25) is 9.69 Å². The molecular formula is C15H20F2N2O3. The van der Waals surface area contributed by atoms with Crippen molar-refractivity contribution in [2.45, 2.75) is 26.0 Å². The van der Waals surface area contributed by atoms with Crippen molar-refractivity contribution < 1.29 is 23.0 Å². The first-order valence-corrected chi connectivity index (χ1v) is 7.19. The van der Waals surface area contributed by atoms with Crippen LogP contribution in [-0.4, -0.2) is 44.2 Å². The molecule has 1 heterocycles. The Morgan fingerprint density at radius 1 is 1.32 bits per heavy atom. The van der Waals surface area contributed by atoms with Gasteiger partial charge in [0.15, 0.2) is 11.5 Å². The highest BCUT2D eigenvalue weighted by Gasteiger charge is 2.15. The summed E-state index contributed by atoms with van der Waals surface area (Å²) in [4.78, 5) is 13.9. The van der Waals surface area contributed by atoms with Crippen molar-refractivity contribution in [3.8, 4) is 11.5 Å². The molecule has 1 amide bonds. The zero-order valence-electron chi connectivity index (χ0n) is 12.5. The third-order valence-corrected chi connectivity index (χ3v) is 3.50. The van der Waals surface area contributed by atoms with E-state index < -0.39 is 6.61 Å². The number of nitrogens with one attached hydrogen (secondary N) is 1. The van der Waals surface area contributed by atoms with Crippen molar-refractivity contribution in [1.82, 2.24) is 10.2 Å². The van der Waals surface area contributed by atoms with Crippen LogP contribution in [-0.2, 0) is 11.3 Å². The lowest BCUT2D eigenvalue weighted by atomic mass is 10.2. The predicted molar refractivity (Wildman–Crippen MR) is 77.1 cm³/mol. The molecule has 0 unspecified atom stereocenters. The van der Waals surface area contributed by atoms with Gasteiger partial charge in [-0.2, -0.15) is 8.78 Å². The Hall–Kier alpha value is -1.89. The van der Waals surface area contributed by atoms with Gasteiger partial charge in [-0.05, 0) is 43.6 Å². The van der Waals surface area contributed by atoms with E-state index in [-0.39, 0.29) is 17.4 Å². The Kier molecular flexibility index (Phi) is 5.94. The number of ether oxygens (including phenoxy) is 2. The molecule has 1 aromatic carbocycles. The van der Waals surface area contributed by atoms with Crippen LogP contribution < -0.4 is 14.8 Å². The molecule has 1 saturated heterocycles. The molecular weight excluding hydrogens is 294 g/mol.